The Balaban J connectivity index is 1.65. The van der Waals surface area contributed by atoms with Gasteiger partial charge in [0.15, 0.2) is 0 Å². The van der Waals surface area contributed by atoms with Crippen LogP contribution in [0.5, 0.6) is 5.75 Å². The first kappa shape index (κ1) is 29.0. The molecule has 3 atom stereocenters. The quantitative estimate of drug-likeness (QED) is 0.471. The fraction of sp³-hybridized carbons (Fsp3) is 0.429. The van der Waals surface area contributed by atoms with E-state index >= 15 is 0 Å². The number of thiazole rings is 1. The number of likely N-dealkylation sites (N-methyl/N-ethyl adjacent to an activating group) is 1. The van der Waals surface area contributed by atoms with Gasteiger partial charge in [0.1, 0.15) is 17.4 Å². The third-order valence-corrected chi connectivity index (χ3v) is 9.14. The zero-order valence-electron chi connectivity index (χ0n) is 23.0. The van der Waals surface area contributed by atoms with E-state index in [4.69, 9.17) is 9.47 Å². The van der Waals surface area contributed by atoms with Crippen molar-refractivity contribution < 1.29 is 22.7 Å². The maximum atomic E-state index is 13.5. The minimum Gasteiger partial charge on any atom is -0.491 e. The number of nitrogens with zero attached hydrogens (tertiary/aromatic N) is 3. The number of aryl methyl sites for hydroxylation is 1. The molecule has 1 amide bonds. The first-order valence-electron chi connectivity index (χ1n) is 12.8. The molecular formula is C28H36N4O5S2. The van der Waals surface area contributed by atoms with Crippen LogP contribution in [0.4, 0.5) is 5.69 Å². The molecule has 0 saturated carbocycles. The van der Waals surface area contributed by atoms with E-state index in [1.165, 1.54) is 0 Å². The number of rotatable bonds is 6. The van der Waals surface area contributed by atoms with E-state index in [-0.39, 0.29) is 28.9 Å². The Labute approximate surface area is 234 Å². The molecule has 1 N–H and O–H groups in total. The van der Waals surface area contributed by atoms with Crippen LogP contribution >= 0.6 is 11.3 Å². The van der Waals surface area contributed by atoms with Crippen LogP contribution in [-0.4, -0.2) is 75.1 Å². The van der Waals surface area contributed by atoms with E-state index in [1.807, 2.05) is 12.3 Å². The normalized spacial score (nSPS) is 21.4. The van der Waals surface area contributed by atoms with Crippen molar-refractivity contribution in [3.8, 4) is 5.75 Å². The molecule has 9 nitrogen and oxygen atoms in total. The topological polar surface area (TPSA) is 101 Å². The Morgan fingerprint density at radius 3 is 2.56 bits per heavy atom. The second-order valence-electron chi connectivity index (χ2n) is 10.1. The fourth-order valence-electron chi connectivity index (χ4n) is 4.57. The van der Waals surface area contributed by atoms with Crippen molar-refractivity contribution in [3.05, 3.63) is 70.2 Å². The highest BCUT2D eigenvalue weighted by molar-refractivity contribution is 7.92. The van der Waals surface area contributed by atoms with Gasteiger partial charge in [-0.1, -0.05) is 24.6 Å². The lowest BCUT2D eigenvalue weighted by Gasteiger charge is -2.35. The third kappa shape index (κ3) is 7.16. The third-order valence-electron chi connectivity index (χ3n) is 6.98. The summed E-state index contributed by atoms with van der Waals surface area (Å²) in [6.45, 7) is 8.19. The van der Waals surface area contributed by atoms with E-state index in [0.29, 0.717) is 36.7 Å². The van der Waals surface area contributed by atoms with E-state index < -0.39 is 10.0 Å². The van der Waals surface area contributed by atoms with Gasteiger partial charge in [-0.25, -0.2) is 13.4 Å². The summed E-state index contributed by atoms with van der Waals surface area (Å²) in [7, 11) is -0.411. The average Bonchev–Trinajstić information content (AvgIpc) is 3.42. The summed E-state index contributed by atoms with van der Waals surface area (Å²) in [5.74, 6) is 0.241. The smallest absolute Gasteiger partial charge is 0.261 e. The number of carbonyl (C=O) groups is 1. The number of nitrogens with one attached hydrogen (secondary N) is 1. The lowest BCUT2D eigenvalue weighted by molar-refractivity contribution is 0.00921. The van der Waals surface area contributed by atoms with Crippen LogP contribution in [0, 0.1) is 12.8 Å². The Hall–Kier alpha value is -2.99. The van der Waals surface area contributed by atoms with Crippen molar-refractivity contribution in [2.45, 2.75) is 44.4 Å². The Bertz CT molecular complexity index is 1360. The van der Waals surface area contributed by atoms with Crippen LogP contribution in [0.3, 0.4) is 0 Å². The molecule has 0 fully saturated rings. The minimum atomic E-state index is -3.82. The number of fused-ring (bicyclic) bond motifs is 1. The first-order chi connectivity index (χ1) is 18.6. The monoisotopic (exact) mass is 572 g/mol. The number of carbonyl (C=O) groups excluding carboxylic acids is 1. The number of benzene rings is 2. The zero-order chi connectivity index (χ0) is 28.2. The number of methoxy groups -OCH3 is 1. The van der Waals surface area contributed by atoms with Crippen LogP contribution < -0.4 is 9.46 Å². The van der Waals surface area contributed by atoms with Gasteiger partial charge in [-0.05, 0) is 44.0 Å². The van der Waals surface area contributed by atoms with Gasteiger partial charge in [0.05, 0.1) is 28.8 Å². The van der Waals surface area contributed by atoms with Crippen LogP contribution in [0.1, 0.15) is 34.8 Å². The molecule has 2 heterocycles. The highest BCUT2D eigenvalue weighted by Crippen LogP contribution is 2.28. The lowest BCUT2D eigenvalue weighted by atomic mass is 10.0. The molecule has 210 valence electrons. The number of ether oxygens (including phenoxy) is 2. The number of hydrogen-bond donors (Lipinski definition) is 1. The molecule has 1 aliphatic rings. The summed E-state index contributed by atoms with van der Waals surface area (Å²) in [4.78, 5) is 22.0. The summed E-state index contributed by atoms with van der Waals surface area (Å²) < 4.78 is 40.7. The van der Waals surface area contributed by atoms with Crippen molar-refractivity contribution in [3.63, 3.8) is 0 Å². The predicted molar refractivity (Wildman–Crippen MR) is 153 cm³/mol. The van der Waals surface area contributed by atoms with Gasteiger partial charge in [-0.2, -0.15) is 0 Å². The van der Waals surface area contributed by atoms with E-state index in [0.717, 1.165) is 17.1 Å². The lowest BCUT2D eigenvalue weighted by Crippen LogP contribution is -2.46. The van der Waals surface area contributed by atoms with E-state index in [1.54, 1.807) is 79.1 Å². The van der Waals surface area contributed by atoms with Crippen molar-refractivity contribution in [1.29, 1.82) is 0 Å². The second-order valence-corrected chi connectivity index (χ2v) is 12.7. The Kier molecular flexibility index (Phi) is 9.27. The van der Waals surface area contributed by atoms with Crippen LogP contribution in [-0.2, 0) is 21.3 Å². The highest BCUT2D eigenvalue weighted by atomic mass is 32.2. The molecule has 0 unspecified atom stereocenters. The van der Waals surface area contributed by atoms with Crippen LogP contribution in [0.15, 0.2) is 58.9 Å². The average molecular weight is 573 g/mol. The van der Waals surface area contributed by atoms with Gasteiger partial charge >= 0.3 is 0 Å². The van der Waals surface area contributed by atoms with Gasteiger partial charge in [-0.15, -0.1) is 11.3 Å². The van der Waals surface area contributed by atoms with E-state index in [2.05, 4.69) is 28.5 Å². The molecule has 0 saturated heterocycles. The van der Waals surface area contributed by atoms with Crippen molar-refractivity contribution >= 4 is 33.0 Å². The summed E-state index contributed by atoms with van der Waals surface area (Å²) in [5, 5.41) is 2.97. The maximum absolute atomic E-state index is 13.5. The number of aromatic nitrogens is 1. The second kappa shape index (κ2) is 12.5. The van der Waals surface area contributed by atoms with E-state index in [9.17, 15) is 13.2 Å². The molecule has 1 aromatic heterocycles. The molecule has 2 aromatic carbocycles. The summed E-state index contributed by atoms with van der Waals surface area (Å²) in [6, 6.07) is 11.4. The summed E-state index contributed by atoms with van der Waals surface area (Å²) in [5.41, 5.74) is 1.64. The Morgan fingerprint density at radius 1 is 1.15 bits per heavy atom. The highest BCUT2D eigenvalue weighted by Gasteiger charge is 2.29. The maximum Gasteiger partial charge on any atom is 0.261 e. The van der Waals surface area contributed by atoms with Crippen LogP contribution in [0.25, 0.3) is 0 Å². The predicted octanol–water partition coefficient (Wildman–Crippen LogP) is 4.26. The first-order valence-corrected chi connectivity index (χ1v) is 15.2. The van der Waals surface area contributed by atoms with Gasteiger partial charge in [0, 0.05) is 50.9 Å². The number of hydrogen-bond acceptors (Lipinski definition) is 8. The molecule has 0 bridgehead atoms. The molecule has 3 aromatic rings. The van der Waals surface area contributed by atoms with Crippen molar-refractivity contribution in [2.24, 2.45) is 5.92 Å². The largest absolute Gasteiger partial charge is 0.491 e. The molecule has 0 spiro atoms. The standard InChI is InChI=1S/C28H36N4O5S2/c1-19-6-9-23(10-7-19)39(34,35)30-22-8-11-24-25(14-22)37-18-21(3)32(17-27-29-12-13-38-27)15-20(2)26(36-5)16-31(4)28(24)33/h6-14,20-21,26,30H,15-18H2,1-5H3/t20-,21-,26-/m1/s1. The number of sulfonamides is 1. The molecule has 0 aliphatic carbocycles. The van der Waals surface area contributed by atoms with Crippen LogP contribution in [0.2, 0.25) is 0 Å². The van der Waals surface area contributed by atoms with Gasteiger partial charge in [0.2, 0.25) is 0 Å². The minimum absolute atomic E-state index is 0.0122. The van der Waals surface area contributed by atoms with Gasteiger partial charge in [0.25, 0.3) is 15.9 Å². The molecule has 0 radical (unpaired) electrons. The number of anilines is 1. The molecular weight excluding hydrogens is 536 g/mol. The molecule has 39 heavy (non-hydrogen) atoms. The fourth-order valence-corrected chi connectivity index (χ4v) is 6.26. The zero-order valence-corrected chi connectivity index (χ0v) is 24.6. The van der Waals surface area contributed by atoms with Gasteiger partial charge in [-0.3, -0.25) is 14.4 Å². The Morgan fingerprint density at radius 2 is 1.90 bits per heavy atom. The van der Waals surface area contributed by atoms with Crippen molar-refractivity contribution in [1.82, 2.24) is 14.8 Å². The molecule has 1 aliphatic heterocycles. The summed E-state index contributed by atoms with van der Waals surface area (Å²) >= 11 is 1.61. The molecule has 11 heteroatoms. The molecule has 4 rings (SSSR count). The van der Waals surface area contributed by atoms with Crippen molar-refractivity contribution in [2.75, 3.05) is 38.6 Å². The summed E-state index contributed by atoms with van der Waals surface area (Å²) in [6.07, 6.45) is 1.63. The van der Waals surface area contributed by atoms with Gasteiger partial charge < -0.3 is 14.4 Å². The SMILES string of the molecule is CO[C@@H]1CN(C)C(=O)c2ccc(NS(=O)(=O)c3ccc(C)cc3)cc2OC[C@@H](C)N(Cc2nccs2)C[C@H]1C. The number of amides is 1.